The molecular formula is C14H28N2. The van der Waals surface area contributed by atoms with E-state index in [0.29, 0.717) is 0 Å². The largest absolute Gasteiger partial charge is 0.316 e. The third-order valence-electron chi connectivity index (χ3n) is 4.15. The molecule has 94 valence electrons. The Hall–Kier alpha value is -0.0800. The van der Waals surface area contributed by atoms with Gasteiger partial charge < -0.3 is 10.2 Å². The van der Waals surface area contributed by atoms with Crippen LogP contribution in [0.3, 0.4) is 0 Å². The van der Waals surface area contributed by atoms with Crippen LogP contribution in [0.1, 0.15) is 39.5 Å². The number of rotatable bonds is 7. The van der Waals surface area contributed by atoms with Gasteiger partial charge in [-0.2, -0.15) is 0 Å². The average Bonchev–Trinajstić information content (AvgIpc) is 2.93. The maximum absolute atomic E-state index is 3.61. The SMILES string of the molecule is CC(C)CNCC1CCC1N(C)CC1CC1. The van der Waals surface area contributed by atoms with Crippen LogP contribution in [0.4, 0.5) is 0 Å². The lowest BCUT2D eigenvalue weighted by atomic mass is 9.78. The molecule has 0 aromatic heterocycles. The second-order valence-electron chi connectivity index (χ2n) is 6.34. The van der Waals surface area contributed by atoms with Crippen molar-refractivity contribution in [2.24, 2.45) is 17.8 Å². The predicted molar refractivity (Wildman–Crippen MR) is 69.6 cm³/mol. The van der Waals surface area contributed by atoms with Gasteiger partial charge >= 0.3 is 0 Å². The summed E-state index contributed by atoms with van der Waals surface area (Å²) in [7, 11) is 2.33. The molecule has 0 aromatic carbocycles. The Kier molecular flexibility index (Phi) is 4.26. The fraction of sp³-hybridized carbons (Fsp3) is 1.00. The van der Waals surface area contributed by atoms with Crippen LogP contribution in [0.25, 0.3) is 0 Å². The van der Waals surface area contributed by atoms with Crippen molar-refractivity contribution in [3.63, 3.8) is 0 Å². The lowest BCUT2D eigenvalue weighted by molar-refractivity contribution is 0.0797. The van der Waals surface area contributed by atoms with E-state index in [1.807, 2.05) is 0 Å². The van der Waals surface area contributed by atoms with E-state index in [2.05, 4.69) is 31.1 Å². The Morgan fingerprint density at radius 2 is 1.94 bits per heavy atom. The molecule has 0 aliphatic heterocycles. The van der Waals surface area contributed by atoms with E-state index in [0.717, 1.165) is 23.8 Å². The fourth-order valence-electron chi connectivity index (χ4n) is 2.77. The van der Waals surface area contributed by atoms with Gasteiger partial charge in [-0.05, 0) is 63.6 Å². The van der Waals surface area contributed by atoms with Gasteiger partial charge in [0.15, 0.2) is 0 Å². The van der Waals surface area contributed by atoms with Crippen molar-refractivity contribution in [1.29, 1.82) is 0 Å². The first kappa shape index (κ1) is 12.4. The first-order valence-electron chi connectivity index (χ1n) is 7.07. The summed E-state index contributed by atoms with van der Waals surface area (Å²) in [6.07, 6.45) is 5.82. The van der Waals surface area contributed by atoms with Crippen molar-refractivity contribution in [2.75, 3.05) is 26.7 Å². The minimum Gasteiger partial charge on any atom is -0.316 e. The van der Waals surface area contributed by atoms with Gasteiger partial charge in [0.25, 0.3) is 0 Å². The van der Waals surface area contributed by atoms with Gasteiger partial charge in [-0.15, -0.1) is 0 Å². The Balaban J connectivity index is 1.62. The average molecular weight is 224 g/mol. The molecule has 0 aromatic rings. The Morgan fingerprint density at radius 3 is 2.44 bits per heavy atom. The van der Waals surface area contributed by atoms with Crippen LogP contribution < -0.4 is 5.32 Å². The zero-order chi connectivity index (χ0) is 11.5. The van der Waals surface area contributed by atoms with Crippen molar-refractivity contribution in [3.05, 3.63) is 0 Å². The van der Waals surface area contributed by atoms with Crippen LogP contribution in [-0.2, 0) is 0 Å². The minimum absolute atomic E-state index is 0.780. The molecule has 0 spiro atoms. The monoisotopic (exact) mass is 224 g/mol. The summed E-state index contributed by atoms with van der Waals surface area (Å²) in [4.78, 5) is 2.63. The maximum atomic E-state index is 3.61. The smallest absolute Gasteiger partial charge is 0.0133 e. The lowest BCUT2D eigenvalue weighted by Gasteiger charge is -2.43. The lowest BCUT2D eigenvalue weighted by Crippen LogP contribution is -2.49. The molecule has 0 heterocycles. The normalized spacial score (nSPS) is 29.8. The molecule has 0 saturated heterocycles. The first-order chi connectivity index (χ1) is 7.66. The van der Waals surface area contributed by atoms with Crippen LogP contribution in [0.5, 0.6) is 0 Å². The van der Waals surface area contributed by atoms with E-state index in [1.54, 1.807) is 0 Å². The van der Waals surface area contributed by atoms with E-state index >= 15 is 0 Å². The molecular weight excluding hydrogens is 196 g/mol. The quantitative estimate of drug-likeness (QED) is 0.714. The Morgan fingerprint density at radius 1 is 1.19 bits per heavy atom. The molecule has 0 radical (unpaired) electrons. The minimum atomic E-state index is 0.780. The molecule has 2 aliphatic rings. The van der Waals surface area contributed by atoms with Crippen LogP contribution >= 0.6 is 0 Å². The first-order valence-corrected chi connectivity index (χ1v) is 7.07. The van der Waals surface area contributed by atoms with E-state index in [4.69, 9.17) is 0 Å². The molecule has 2 aliphatic carbocycles. The highest BCUT2D eigenvalue weighted by atomic mass is 15.2. The van der Waals surface area contributed by atoms with Gasteiger partial charge in [0.2, 0.25) is 0 Å². The van der Waals surface area contributed by atoms with Crippen LogP contribution in [0.15, 0.2) is 0 Å². The molecule has 1 N–H and O–H groups in total. The third kappa shape index (κ3) is 3.46. The summed E-state index contributed by atoms with van der Waals surface area (Å²) in [5, 5.41) is 3.61. The van der Waals surface area contributed by atoms with Crippen LogP contribution in [0.2, 0.25) is 0 Å². The van der Waals surface area contributed by atoms with Crippen molar-refractivity contribution in [2.45, 2.75) is 45.6 Å². The molecule has 0 bridgehead atoms. The van der Waals surface area contributed by atoms with Gasteiger partial charge in [-0.3, -0.25) is 0 Å². The van der Waals surface area contributed by atoms with Crippen LogP contribution in [0, 0.1) is 17.8 Å². The van der Waals surface area contributed by atoms with Crippen molar-refractivity contribution in [3.8, 4) is 0 Å². The summed E-state index contributed by atoms with van der Waals surface area (Å²) < 4.78 is 0. The molecule has 2 nitrogen and oxygen atoms in total. The molecule has 2 rings (SSSR count). The van der Waals surface area contributed by atoms with Crippen LogP contribution in [-0.4, -0.2) is 37.6 Å². The van der Waals surface area contributed by atoms with Crippen molar-refractivity contribution >= 4 is 0 Å². The summed E-state index contributed by atoms with van der Waals surface area (Å²) in [6, 6.07) is 0.875. The molecule has 2 heteroatoms. The number of nitrogens with one attached hydrogen (secondary N) is 1. The summed E-state index contributed by atoms with van der Waals surface area (Å²) in [5.74, 6) is 2.74. The van der Waals surface area contributed by atoms with Gasteiger partial charge in [-0.25, -0.2) is 0 Å². The van der Waals surface area contributed by atoms with Gasteiger partial charge in [0.05, 0.1) is 0 Å². The number of hydrogen-bond acceptors (Lipinski definition) is 2. The predicted octanol–water partition coefficient (Wildman–Crippen LogP) is 2.35. The van der Waals surface area contributed by atoms with Gasteiger partial charge in [-0.1, -0.05) is 13.8 Å². The van der Waals surface area contributed by atoms with Gasteiger partial charge in [0.1, 0.15) is 0 Å². The Bertz CT molecular complexity index is 211. The highest BCUT2D eigenvalue weighted by Gasteiger charge is 2.35. The molecule has 2 fully saturated rings. The van der Waals surface area contributed by atoms with E-state index in [9.17, 15) is 0 Å². The highest BCUT2D eigenvalue weighted by Crippen LogP contribution is 2.35. The van der Waals surface area contributed by atoms with Crippen molar-refractivity contribution < 1.29 is 0 Å². The third-order valence-corrected chi connectivity index (χ3v) is 4.15. The van der Waals surface area contributed by atoms with E-state index in [-0.39, 0.29) is 0 Å². The molecule has 2 atom stereocenters. The zero-order valence-electron chi connectivity index (χ0n) is 11.2. The fourth-order valence-corrected chi connectivity index (χ4v) is 2.77. The van der Waals surface area contributed by atoms with E-state index in [1.165, 1.54) is 45.3 Å². The number of hydrogen-bond donors (Lipinski definition) is 1. The molecule has 2 unspecified atom stereocenters. The standard InChI is InChI=1S/C14H28N2/c1-11(2)8-15-9-13-6-7-14(13)16(3)10-12-4-5-12/h11-15H,4-10H2,1-3H3. The second-order valence-corrected chi connectivity index (χ2v) is 6.34. The zero-order valence-corrected chi connectivity index (χ0v) is 11.2. The maximum Gasteiger partial charge on any atom is 0.0133 e. The summed E-state index contributed by atoms with van der Waals surface area (Å²) >= 11 is 0. The topological polar surface area (TPSA) is 15.3 Å². The highest BCUT2D eigenvalue weighted by molar-refractivity contribution is 4.90. The van der Waals surface area contributed by atoms with E-state index < -0.39 is 0 Å². The summed E-state index contributed by atoms with van der Waals surface area (Å²) in [6.45, 7) is 8.33. The molecule has 2 saturated carbocycles. The molecule has 0 amide bonds. The van der Waals surface area contributed by atoms with Crippen molar-refractivity contribution in [1.82, 2.24) is 10.2 Å². The second kappa shape index (κ2) is 5.50. The summed E-state index contributed by atoms with van der Waals surface area (Å²) in [5.41, 5.74) is 0. The molecule has 16 heavy (non-hydrogen) atoms. The van der Waals surface area contributed by atoms with Gasteiger partial charge in [0, 0.05) is 12.6 Å². The Labute approximate surface area is 101 Å². The number of nitrogens with zero attached hydrogens (tertiary/aromatic N) is 1.